The van der Waals surface area contributed by atoms with Gasteiger partial charge in [0.1, 0.15) is 5.75 Å². The van der Waals surface area contributed by atoms with Gasteiger partial charge in [-0.3, -0.25) is 9.52 Å². The molecule has 3 aromatic carbocycles. The Hall–Kier alpha value is -2.55. The molecule has 31 heavy (non-hydrogen) atoms. The van der Waals surface area contributed by atoms with Gasteiger partial charge in [-0.2, -0.15) is 0 Å². The lowest BCUT2D eigenvalue weighted by atomic mass is 10.1. The Kier molecular flexibility index (Phi) is 7.59. The minimum atomic E-state index is -3.76. The van der Waals surface area contributed by atoms with Crippen molar-refractivity contribution in [2.45, 2.75) is 17.9 Å². The maximum Gasteiger partial charge on any atom is 0.261 e. The van der Waals surface area contributed by atoms with Crippen LogP contribution in [0.2, 0.25) is 5.02 Å². The highest BCUT2D eigenvalue weighted by Gasteiger charge is 2.15. The molecule has 3 aromatic rings. The van der Waals surface area contributed by atoms with Crippen molar-refractivity contribution in [2.75, 3.05) is 11.3 Å². The van der Waals surface area contributed by atoms with Crippen LogP contribution in [0.4, 0.5) is 5.69 Å². The van der Waals surface area contributed by atoms with Gasteiger partial charge in [0, 0.05) is 15.2 Å². The largest absolute Gasteiger partial charge is 0.484 e. The number of hydrogen-bond acceptors (Lipinski definition) is 4. The number of ether oxygens (including phenoxy) is 1. The van der Waals surface area contributed by atoms with E-state index in [4.69, 9.17) is 16.3 Å². The number of rotatable bonds is 8. The van der Waals surface area contributed by atoms with Crippen molar-refractivity contribution >= 4 is 49.1 Å². The van der Waals surface area contributed by atoms with Gasteiger partial charge in [-0.15, -0.1) is 0 Å². The molecule has 0 aliphatic heterocycles. The fourth-order valence-corrected chi connectivity index (χ4v) is 4.34. The maximum atomic E-state index is 12.5. The van der Waals surface area contributed by atoms with Crippen LogP contribution in [0, 0.1) is 0 Å². The normalized spacial score (nSPS) is 12.1. The van der Waals surface area contributed by atoms with E-state index in [1.807, 2.05) is 31.2 Å². The second-order valence-electron chi connectivity index (χ2n) is 6.72. The molecule has 0 aliphatic rings. The summed E-state index contributed by atoms with van der Waals surface area (Å²) in [6.45, 7) is 1.69. The fraction of sp³-hybridized carbons (Fsp3) is 0.136. The molecule has 162 valence electrons. The molecule has 1 atom stereocenters. The summed E-state index contributed by atoms with van der Waals surface area (Å²) in [5.74, 6) is 0.101. The van der Waals surface area contributed by atoms with Crippen molar-refractivity contribution in [2.24, 2.45) is 0 Å². The van der Waals surface area contributed by atoms with E-state index in [0.29, 0.717) is 16.5 Å². The average molecular weight is 524 g/mol. The summed E-state index contributed by atoms with van der Waals surface area (Å²) in [5, 5.41) is 3.37. The van der Waals surface area contributed by atoms with Crippen LogP contribution in [-0.2, 0) is 14.8 Å². The summed E-state index contributed by atoms with van der Waals surface area (Å²) >= 11 is 9.22. The zero-order valence-electron chi connectivity index (χ0n) is 16.5. The molecule has 0 fully saturated rings. The summed E-state index contributed by atoms with van der Waals surface area (Å²) < 4.78 is 33.9. The third-order valence-corrected chi connectivity index (χ3v) is 6.47. The molecule has 0 unspecified atom stereocenters. The van der Waals surface area contributed by atoms with E-state index >= 15 is 0 Å². The molecule has 3 rings (SSSR count). The average Bonchev–Trinajstić information content (AvgIpc) is 2.74. The summed E-state index contributed by atoms with van der Waals surface area (Å²) in [5.41, 5.74) is 1.37. The van der Waals surface area contributed by atoms with Gasteiger partial charge in [0.2, 0.25) is 0 Å². The first kappa shape index (κ1) is 23.1. The molecule has 0 bridgehead atoms. The Bertz CT molecular complexity index is 1150. The molecule has 0 radical (unpaired) electrons. The number of halogens is 2. The highest BCUT2D eigenvalue weighted by atomic mass is 79.9. The van der Waals surface area contributed by atoms with Crippen LogP contribution in [0.15, 0.2) is 82.2 Å². The van der Waals surface area contributed by atoms with Crippen molar-refractivity contribution in [1.29, 1.82) is 0 Å². The Morgan fingerprint density at radius 2 is 1.74 bits per heavy atom. The number of anilines is 1. The molecule has 0 saturated heterocycles. The number of amides is 1. The number of hydrogen-bond donors (Lipinski definition) is 2. The predicted molar refractivity (Wildman–Crippen MR) is 125 cm³/mol. The summed E-state index contributed by atoms with van der Waals surface area (Å²) in [6.07, 6.45) is 0. The van der Waals surface area contributed by atoms with Crippen molar-refractivity contribution < 1.29 is 17.9 Å². The van der Waals surface area contributed by atoms with Gasteiger partial charge in [0.15, 0.2) is 6.61 Å². The van der Waals surface area contributed by atoms with Crippen molar-refractivity contribution in [1.82, 2.24) is 5.32 Å². The molecule has 2 N–H and O–H groups in total. The summed E-state index contributed by atoms with van der Waals surface area (Å²) in [6, 6.07) is 19.7. The Labute approximate surface area is 194 Å². The molecule has 0 aromatic heterocycles. The lowest BCUT2D eigenvalue weighted by Gasteiger charge is -2.15. The van der Waals surface area contributed by atoms with Crippen LogP contribution in [0.1, 0.15) is 18.5 Å². The molecule has 0 spiro atoms. The first-order chi connectivity index (χ1) is 14.7. The molecule has 0 aliphatic carbocycles. The maximum absolute atomic E-state index is 12.5. The zero-order valence-corrected chi connectivity index (χ0v) is 19.7. The zero-order chi connectivity index (χ0) is 22.4. The van der Waals surface area contributed by atoms with Gasteiger partial charge in [0.25, 0.3) is 15.9 Å². The van der Waals surface area contributed by atoms with Crippen LogP contribution in [0.5, 0.6) is 5.75 Å². The van der Waals surface area contributed by atoms with E-state index < -0.39 is 10.0 Å². The van der Waals surface area contributed by atoms with Crippen LogP contribution in [0.3, 0.4) is 0 Å². The smallest absolute Gasteiger partial charge is 0.261 e. The monoisotopic (exact) mass is 522 g/mol. The molecule has 0 heterocycles. The van der Waals surface area contributed by atoms with Crippen molar-refractivity contribution in [3.05, 3.63) is 87.9 Å². The van der Waals surface area contributed by atoms with Crippen LogP contribution >= 0.6 is 27.5 Å². The number of benzene rings is 3. The minimum absolute atomic E-state index is 0.0718. The van der Waals surface area contributed by atoms with Gasteiger partial charge < -0.3 is 10.1 Å². The fourth-order valence-electron chi connectivity index (χ4n) is 2.74. The van der Waals surface area contributed by atoms with E-state index in [9.17, 15) is 13.2 Å². The lowest BCUT2D eigenvalue weighted by molar-refractivity contribution is -0.123. The molecule has 0 saturated carbocycles. The highest BCUT2D eigenvalue weighted by molar-refractivity contribution is 9.10. The quantitative estimate of drug-likeness (QED) is 0.427. The Balaban J connectivity index is 1.55. The van der Waals surface area contributed by atoms with Crippen molar-refractivity contribution in [3.63, 3.8) is 0 Å². The van der Waals surface area contributed by atoms with E-state index in [0.717, 1.165) is 10.0 Å². The summed E-state index contributed by atoms with van der Waals surface area (Å²) in [4.78, 5) is 12.2. The number of carbonyl (C=O) groups is 1. The number of nitrogens with one attached hydrogen (secondary N) is 2. The highest BCUT2D eigenvalue weighted by Crippen LogP contribution is 2.21. The third-order valence-electron chi connectivity index (χ3n) is 4.33. The Morgan fingerprint density at radius 3 is 2.39 bits per heavy atom. The van der Waals surface area contributed by atoms with Gasteiger partial charge in [-0.1, -0.05) is 39.7 Å². The van der Waals surface area contributed by atoms with Gasteiger partial charge in [0.05, 0.1) is 10.9 Å². The second-order valence-corrected chi connectivity index (χ2v) is 9.75. The Morgan fingerprint density at radius 1 is 1.06 bits per heavy atom. The van der Waals surface area contributed by atoms with Gasteiger partial charge >= 0.3 is 0 Å². The van der Waals surface area contributed by atoms with Crippen molar-refractivity contribution in [3.8, 4) is 5.75 Å². The topological polar surface area (TPSA) is 84.5 Å². The molecular weight excluding hydrogens is 504 g/mol. The lowest BCUT2D eigenvalue weighted by Crippen LogP contribution is -2.31. The van der Waals surface area contributed by atoms with Crippen LogP contribution in [-0.4, -0.2) is 20.9 Å². The third kappa shape index (κ3) is 6.72. The number of carbonyl (C=O) groups excluding carboxylic acids is 1. The van der Waals surface area contributed by atoms with Gasteiger partial charge in [-0.05, 0) is 73.2 Å². The molecule has 6 nitrogen and oxygen atoms in total. The van der Waals surface area contributed by atoms with Crippen LogP contribution < -0.4 is 14.8 Å². The standard InChI is InChI=1S/C22H20BrClN2O4S/c1-15(16-3-2-4-17(23)13-16)25-22(27)14-30-20-9-11-21(12-10-20)31(28,29)26-19-7-5-18(24)6-8-19/h2-13,15,26H,14H2,1H3,(H,25,27)/t15-/m1/s1. The molecular formula is C22H20BrClN2O4S. The number of sulfonamides is 1. The van der Waals surface area contributed by atoms with Gasteiger partial charge in [-0.25, -0.2) is 8.42 Å². The van der Waals surface area contributed by atoms with Crippen LogP contribution in [0.25, 0.3) is 0 Å². The first-order valence-corrected chi connectivity index (χ1v) is 11.9. The SMILES string of the molecule is C[C@@H](NC(=O)COc1ccc(S(=O)(=O)Nc2ccc(Cl)cc2)cc1)c1cccc(Br)c1. The summed E-state index contributed by atoms with van der Waals surface area (Å²) in [7, 11) is -3.76. The van der Waals surface area contributed by atoms with E-state index in [-0.39, 0.29) is 23.5 Å². The predicted octanol–water partition coefficient (Wildman–Crippen LogP) is 5.16. The molecule has 9 heteroatoms. The molecule has 1 amide bonds. The first-order valence-electron chi connectivity index (χ1n) is 9.29. The van der Waals surface area contributed by atoms with E-state index in [1.165, 1.54) is 24.3 Å². The van der Waals surface area contributed by atoms with E-state index in [2.05, 4.69) is 26.0 Å². The minimum Gasteiger partial charge on any atom is -0.484 e. The second kappa shape index (κ2) is 10.2. The van der Waals surface area contributed by atoms with E-state index in [1.54, 1.807) is 24.3 Å².